The van der Waals surface area contributed by atoms with Crippen LogP contribution in [0.15, 0.2) is 30.5 Å². The van der Waals surface area contributed by atoms with Gasteiger partial charge < -0.3 is 5.32 Å². The molecule has 1 aromatic heterocycles. The van der Waals surface area contributed by atoms with Crippen LogP contribution in [0.25, 0.3) is 0 Å². The molecule has 0 bridgehead atoms. The molecule has 0 aliphatic carbocycles. The number of hydrogen-bond donors (Lipinski definition) is 1. The first-order chi connectivity index (χ1) is 8.56. The Kier molecular flexibility index (Phi) is 3.99. The van der Waals surface area contributed by atoms with Crippen LogP contribution in [0.2, 0.25) is 5.02 Å². The van der Waals surface area contributed by atoms with Crippen LogP contribution in [0.5, 0.6) is 0 Å². The van der Waals surface area contributed by atoms with Crippen LogP contribution in [-0.2, 0) is 13.6 Å². The normalized spacial score (nSPS) is 12.7. The molecule has 3 nitrogen and oxygen atoms in total. The predicted octanol–water partition coefficient (Wildman–Crippen LogP) is 3.06. The summed E-state index contributed by atoms with van der Waals surface area (Å²) in [6, 6.07) is 6.84. The van der Waals surface area contributed by atoms with Crippen molar-refractivity contribution in [2.45, 2.75) is 19.5 Å². The summed E-state index contributed by atoms with van der Waals surface area (Å²) < 4.78 is 15.1. The highest BCUT2D eigenvalue weighted by Crippen LogP contribution is 2.20. The number of benzene rings is 1. The molecule has 0 radical (unpaired) electrons. The maximum Gasteiger partial charge on any atom is 0.142 e. The molecule has 96 valence electrons. The van der Waals surface area contributed by atoms with Crippen molar-refractivity contribution in [2.24, 2.45) is 7.05 Å². The number of rotatable bonds is 4. The summed E-state index contributed by atoms with van der Waals surface area (Å²) in [4.78, 5) is 0. The van der Waals surface area contributed by atoms with E-state index in [0.29, 0.717) is 6.54 Å². The van der Waals surface area contributed by atoms with Gasteiger partial charge in [-0.05, 0) is 30.7 Å². The fourth-order valence-electron chi connectivity index (χ4n) is 1.71. The van der Waals surface area contributed by atoms with E-state index in [1.807, 2.05) is 32.3 Å². The van der Waals surface area contributed by atoms with Crippen molar-refractivity contribution in [2.75, 3.05) is 0 Å². The first-order valence-corrected chi connectivity index (χ1v) is 6.11. The van der Waals surface area contributed by atoms with Gasteiger partial charge in [-0.2, -0.15) is 5.10 Å². The summed E-state index contributed by atoms with van der Waals surface area (Å²) in [5.74, 6) is -0.388. The van der Waals surface area contributed by atoms with Gasteiger partial charge in [-0.3, -0.25) is 4.68 Å². The van der Waals surface area contributed by atoms with E-state index in [1.165, 1.54) is 6.07 Å². The van der Waals surface area contributed by atoms with Gasteiger partial charge in [-0.25, -0.2) is 4.39 Å². The van der Waals surface area contributed by atoms with Gasteiger partial charge in [0.2, 0.25) is 0 Å². The number of nitrogens with one attached hydrogen (secondary N) is 1. The minimum Gasteiger partial charge on any atom is -0.304 e. The Labute approximate surface area is 111 Å². The Balaban J connectivity index is 1.99. The quantitative estimate of drug-likeness (QED) is 0.923. The third-order valence-electron chi connectivity index (χ3n) is 2.80. The molecule has 1 unspecified atom stereocenters. The molecule has 1 N–H and O–H groups in total. The summed E-state index contributed by atoms with van der Waals surface area (Å²) in [6.07, 6.45) is 1.89. The Hall–Kier alpha value is -1.39. The number of aromatic nitrogens is 2. The van der Waals surface area contributed by atoms with Crippen molar-refractivity contribution < 1.29 is 4.39 Å². The molecule has 0 amide bonds. The zero-order chi connectivity index (χ0) is 13.1. The van der Waals surface area contributed by atoms with E-state index in [0.717, 1.165) is 11.3 Å². The summed E-state index contributed by atoms with van der Waals surface area (Å²) in [5, 5.41) is 7.71. The Morgan fingerprint density at radius 1 is 1.44 bits per heavy atom. The molecule has 1 atom stereocenters. The summed E-state index contributed by atoms with van der Waals surface area (Å²) in [5.41, 5.74) is 1.83. The van der Waals surface area contributed by atoms with E-state index in [-0.39, 0.29) is 16.9 Å². The van der Waals surface area contributed by atoms with E-state index < -0.39 is 0 Å². The maximum atomic E-state index is 13.3. The van der Waals surface area contributed by atoms with Crippen LogP contribution in [0.1, 0.15) is 24.2 Å². The second kappa shape index (κ2) is 5.50. The average Bonchev–Trinajstić information content (AvgIpc) is 2.75. The number of halogens is 2. The first-order valence-electron chi connectivity index (χ1n) is 5.73. The zero-order valence-electron chi connectivity index (χ0n) is 10.3. The highest BCUT2D eigenvalue weighted by Gasteiger charge is 2.08. The van der Waals surface area contributed by atoms with Crippen molar-refractivity contribution in [3.63, 3.8) is 0 Å². The van der Waals surface area contributed by atoms with Crippen LogP contribution >= 0.6 is 11.6 Å². The minimum atomic E-state index is -0.388. The molecule has 5 heteroatoms. The molecule has 0 aliphatic heterocycles. The molecule has 0 spiro atoms. The zero-order valence-corrected chi connectivity index (χ0v) is 11.1. The largest absolute Gasteiger partial charge is 0.304 e. The standard InChI is InChI=1S/C13H15ClFN3/c1-9(10-3-4-12(14)13(15)7-10)16-8-11-5-6-18(2)17-11/h3-7,9,16H,8H2,1-2H3. The number of nitrogens with zero attached hydrogens (tertiary/aromatic N) is 2. The van der Waals surface area contributed by atoms with Crippen LogP contribution in [-0.4, -0.2) is 9.78 Å². The highest BCUT2D eigenvalue weighted by molar-refractivity contribution is 6.30. The van der Waals surface area contributed by atoms with Gasteiger partial charge >= 0.3 is 0 Å². The lowest BCUT2D eigenvalue weighted by molar-refractivity contribution is 0.554. The van der Waals surface area contributed by atoms with Crippen molar-refractivity contribution in [3.8, 4) is 0 Å². The van der Waals surface area contributed by atoms with Crippen molar-refractivity contribution in [1.82, 2.24) is 15.1 Å². The van der Waals surface area contributed by atoms with E-state index in [1.54, 1.807) is 10.7 Å². The summed E-state index contributed by atoms with van der Waals surface area (Å²) in [6.45, 7) is 2.62. The van der Waals surface area contributed by atoms with Gasteiger partial charge in [0.25, 0.3) is 0 Å². The Morgan fingerprint density at radius 2 is 2.22 bits per heavy atom. The SMILES string of the molecule is CC(NCc1ccn(C)n1)c1ccc(Cl)c(F)c1. The lowest BCUT2D eigenvalue weighted by atomic mass is 10.1. The molecular formula is C13H15ClFN3. The van der Waals surface area contributed by atoms with E-state index in [9.17, 15) is 4.39 Å². The third kappa shape index (κ3) is 3.09. The predicted molar refractivity (Wildman–Crippen MR) is 69.9 cm³/mol. The van der Waals surface area contributed by atoms with Gasteiger partial charge in [0, 0.05) is 25.8 Å². The smallest absolute Gasteiger partial charge is 0.142 e. The number of hydrogen-bond acceptors (Lipinski definition) is 2. The first kappa shape index (κ1) is 13.1. The van der Waals surface area contributed by atoms with Gasteiger partial charge in [-0.15, -0.1) is 0 Å². The fourth-order valence-corrected chi connectivity index (χ4v) is 1.83. The molecule has 2 rings (SSSR count). The van der Waals surface area contributed by atoms with E-state index in [2.05, 4.69) is 10.4 Å². The van der Waals surface area contributed by atoms with Crippen LogP contribution in [0.3, 0.4) is 0 Å². The molecule has 0 saturated heterocycles. The second-order valence-corrected chi connectivity index (χ2v) is 4.66. The molecule has 2 aromatic rings. The summed E-state index contributed by atoms with van der Waals surface area (Å²) >= 11 is 5.65. The van der Waals surface area contributed by atoms with Crippen LogP contribution < -0.4 is 5.32 Å². The fraction of sp³-hybridized carbons (Fsp3) is 0.308. The maximum absolute atomic E-state index is 13.3. The molecular weight excluding hydrogens is 253 g/mol. The van der Waals surface area contributed by atoms with Crippen molar-refractivity contribution in [1.29, 1.82) is 0 Å². The molecule has 0 saturated carbocycles. The second-order valence-electron chi connectivity index (χ2n) is 4.26. The van der Waals surface area contributed by atoms with Crippen molar-refractivity contribution >= 4 is 11.6 Å². The Bertz CT molecular complexity index is 539. The number of aryl methyl sites for hydroxylation is 1. The van der Waals surface area contributed by atoms with Crippen LogP contribution in [0, 0.1) is 5.82 Å². The Morgan fingerprint density at radius 3 is 2.83 bits per heavy atom. The van der Waals surface area contributed by atoms with Crippen molar-refractivity contribution in [3.05, 3.63) is 52.6 Å². The lowest BCUT2D eigenvalue weighted by Crippen LogP contribution is -2.18. The van der Waals surface area contributed by atoms with Gasteiger partial charge in [0.15, 0.2) is 0 Å². The highest BCUT2D eigenvalue weighted by atomic mass is 35.5. The molecule has 1 aromatic carbocycles. The molecule has 0 fully saturated rings. The minimum absolute atomic E-state index is 0.0405. The third-order valence-corrected chi connectivity index (χ3v) is 3.11. The average molecular weight is 268 g/mol. The topological polar surface area (TPSA) is 29.9 Å². The molecule has 18 heavy (non-hydrogen) atoms. The van der Waals surface area contributed by atoms with Crippen LogP contribution in [0.4, 0.5) is 4.39 Å². The van der Waals surface area contributed by atoms with E-state index in [4.69, 9.17) is 11.6 Å². The molecule has 0 aliphatic rings. The van der Waals surface area contributed by atoms with Gasteiger partial charge in [0.1, 0.15) is 5.82 Å². The summed E-state index contributed by atoms with van der Waals surface area (Å²) in [7, 11) is 1.88. The monoisotopic (exact) mass is 267 g/mol. The van der Waals surface area contributed by atoms with Gasteiger partial charge in [0.05, 0.1) is 10.7 Å². The van der Waals surface area contributed by atoms with E-state index >= 15 is 0 Å². The van der Waals surface area contributed by atoms with Gasteiger partial charge in [-0.1, -0.05) is 17.7 Å². The lowest BCUT2D eigenvalue weighted by Gasteiger charge is -2.13. The molecule has 1 heterocycles.